The summed E-state index contributed by atoms with van der Waals surface area (Å²) in [7, 11) is 1.57. The summed E-state index contributed by atoms with van der Waals surface area (Å²) >= 11 is 0. The van der Waals surface area contributed by atoms with Gasteiger partial charge in [0.15, 0.2) is 0 Å². The van der Waals surface area contributed by atoms with Gasteiger partial charge in [-0.25, -0.2) is 0 Å². The first-order chi connectivity index (χ1) is 8.70. The number of ether oxygens (including phenoxy) is 1. The van der Waals surface area contributed by atoms with Crippen molar-refractivity contribution in [2.75, 3.05) is 30.4 Å². The van der Waals surface area contributed by atoms with Crippen LogP contribution in [0.1, 0.15) is 0 Å². The van der Waals surface area contributed by atoms with E-state index in [4.69, 9.17) is 4.74 Å². The monoisotopic (exact) mass is 247 g/mol. The number of nitrogens with zero attached hydrogens (tertiary/aromatic N) is 1. The van der Waals surface area contributed by atoms with Gasteiger partial charge >= 0.3 is 0 Å². The van der Waals surface area contributed by atoms with Gasteiger partial charge in [0.1, 0.15) is 11.8 Å². The summed E-state index contributed by atoms with van der Waals surface area (Å²) < 4.78 is 5.16. The molecule has 0 aromatic heterocycles. The van der Waals surface area contributed by atoms with Gasteiger partial charge < -0.3 is 15.4 Å². The van der Waals surface area contributed by atoms with E-state index in [0.29, 0.717) is 23.7 Å². The highest BCUT2D eigenvalue weighted by Crippen LogP contribution is 2.35. The van der Waals surface area contributed by atoms with Crippen LogP contribution in [0, 0.1) is 0 Å². The lowest BCUT2D eigenvalue weighted by atomic mass is 10.1. The topological polar surface area (TPSA) is 70.7 Å². The van der Waals surface area contributed by atoms with Gasteiger partial charge in [-0.3, -0.25) is 14.5 Å². The molecule has 6 heteroatoms. The minimum absolute atomic E-state index is 0.101. The molecule has 1 aromatic carbocycles. The number of methoxy groups -OCH3 is 1. The predicted molar refractivity (Wildman–Crippen MR) is 65.8 cm³/mol. The van der Waals surface area contributed by atoms with Crippen molar-refractivity contribution in [2.45, 2.75) is 6.04 Å². The van der Waals surface area contributed by atoms with Gasteiger partial charge in [-0.05, 0) is 12.1 Å². The van der Waals surface area contributed by atoms with E-state index in [2.05, 4.69) is 10.6 Å². The van der Waals surface area contributed by atoms with Crippen molar-refractivity contribution < 1.29 is 14.3 Å². The maximum atomic E-state index is 12.0. The minimum atomic E-state index is -0.481. The van der Waals surface area contributed by atoms with Gasteiger partial charge in [0.05, 0.1) is 25.0 Å². The average molecular weight is 247 g/mol. The molecule has 0 bridgehead atoms. The van der Waals surface area contributed by atoms with Crippen molar-refractivity contribution in [2.24, 2.45) is 0 Å². The molecule has 1 unspecified atom stereocenters. The van der Waals surface area contributed by atoms with E-state index >= 15 is 0 Å². The number of carbonyl (C=O) groups excluding carboxylic acids is 2. The molecule has 18 heavy (non-hydrogen) atoms. The third kappa shape index (κ3) is 1.53. The Bertz CT molecular complexity index is 529. The summed E-state index contributed by atoms with van der Waals surface area (Å²) in [6.07, 6.45) is 0. The first-order valence-corrected chi connectivity index (χ1v) is 5.72. The molecular formula is C12H13N3O3. The third-order valence-electron chi connectivity index (χ3n) is 3.22. The maximum absolute atomic E-state index is 12.0. The van der Waals surface area contributed by atoms with Crippen LogP contribution in [0.2, 0.25) is 0 Å². The minimum Gasteiger partial charge on any atom is -0.497 e. The molecule has 1 saturated heterocycles. The molecular weight excluding hydrogens is 234 g/mol. The van der Waals surface area contributed by atoms with Gasteiger partial charge in [-0.1, -0.05) is 0 Å². The van der Waals surface area contributed by atoms with Crippen LogP contribution >= 0.6 is 0 Å². The first kappa shape index (κ1) is 11.0. The lowest BCUT2D eigenvalue weighted by Crippen LogP contribution is -2.61. The summed E-state index contributed by atoms with van der Waals surface area (Å²) in [6.45, 7) is 0.717. The molecule has 0 aliphatic carbocycles. The van der Waals surface area contributed by atoms with Crippen molar-refractivity contribution in [3.8, 4) is 5.75 Å². The second-order valence-corrected chi connectivity index (χ2v) is 4.28. The quantitative estimate of drug-likeness (QED) is 0.730. The Morgan fingerprint density at radius 2 is 2.22 bits per heavy atom. The fraction of sp³-hybridized carbons (Fsp3) is 0.333. The van der Waals surface area contributed by atoms with Crippen molar-refractivity contribution in [3.05, 3.63) is 18.2 Å². The van der Waals surface area contributed by atoms with Crippen LogP contribution in [0.15, 0.2) is 18.2 Å². The predicted octanol–water partition coefficient (Wildman–Crippen LogP) is -0.0479. The fourth-order valence-corrected chi connectivity index (χ4v) is 2.34. The van der Waals surface area contributed by atoms with Crippen LogP contribution in [0.25, 0.3) is 0 Å². The van der Waals surface area contributed by atoms with Crippen LogP contribution in [0.5, 0.6) is 5.75 Å². The smallest absolute Gasteiger partial charge is 0.248 e. The molecule has 1 aromatic rings. The average Bonchev–Trinajstić information content (AvgIpc) is 2.39. The Morgan fingerprint density at radius 3 is 3.00 bits per heavy atom. The Balaban J connectivity index is 2.11. The Labute approximate surface area is 104 Å². The van der Waals surface area contributed by atoms with E-state index in [1.54, 1.807) is 30.2 Å². The molecule has 1 atom stereocenters. The molecule has 0 spiro atoms. The standard InChI is InChI=1S/C12H13N3O3/c1-18-7-2-3-8-9(4-7)15-10(12(17)14-8)5-13-6-11(15)16/h2-4,10,13H,5-6H2,1H3,(H,14,17). The molecule has 3 rings (SSSR count). The summed E-state index contributed by atoms with van der Waals surface area (Å²) in [4.78, 5) is 25.4. The number of hydrogen-bond acceptors (Lipinski definition) is 4. The maximum Gasteiger partial charge on any atom is 0.248 e. The van der Waals surface area contributed by atoms with Crippen molar-refractivity contribution in [1.29, 1.82) is 0 Å². The number of benzene rings is 1. The van der Waals surface area contributed by atoms with E-state index in [1.165, 1.54) is 0 Å². The zero-order valence-corrected chi connectivity index (χ0v) is 9.90. The van der Waals surface area contributed by atoms with Crippen LogP contribution in [0.3, 0.4) is 0 Å². The second-order valence-electron chi connectivity index (χ2n) is 4.28. The lowest BCUT2D eigenvalue weighted by molar-refractivity contribution is -0.124. The number of fused-ring (bicyclic) bond motifs is 3. The van der Waals surface area contributed by atoms with Crippen molar-refractivity contribution in [1.82, 2.24) is 5.32 Å². The number of carbonyl (C=O) groups is 2. The molecule has 0 radical (unpaired) electrons. The number of hydrogen-bond donors (Lipinski definition) is 2. The molecule has 94 valence electrons. The molecule has 2 amide bonds. The van der Waals surface area contributed by atoms with Crippen LogP contribution in [0.4, 0.5) is 11.4 Å². The Hall–Kier alpha value is -2.08. The number of amides is 2. The number of nitrogens with one attached hydrogen (secondary N) is 2. The summed E-state index contributed by atoms with van der Waals surface area (Å²) in [6, 6.07) is 4.79. The summed E-state index contributed by atoms with van der Waals surface area (Å²) in [5.74, 6) is 0.402. The number of rotatable bonds is 1. The Morgan fingerprint density at radius 1 is 1.39 bits per heavy atom. The molecule has 2 aliphatic rings. The number of anilines is 2. The molecule has 0 saturated carbocycles. The summed E-state index contributed by atoms with van der Waals surface area (Å²) in [5, 5.41) is 5.74. The van der Waals surface area contributed by atoms with E-state index in [0.717, 1.165) is 0 Å². The lowest BCUT2D eigenvalue weighted by Gasteiger charge is -2.39. The SMILES string of the molecule is COc1ccc2c(c1)N1C(=O)CNCC1C(=O)N2. The van der Waals surface area contributed by atoms with E-state index in [-0.39, 0.29) is 18.4 Å². The highest BCUT2D eigenvalue weighted by Gasteiger charge is 2.39. The van der Waals surface area contributed by atoms with Crippen LogP contribution in [-0.2, 0) is 9.59 Å². The van der Waals surface area contributed by atoms with Gasteiger partial charge in [0.2, 0.25) is 11.8 Å². The Kier molecular flexibility index (Phi) is 2.45. The van der Waals surface area contributed by atoms with Crippen LogP contribution in [-0.4, -0.2) is 38.1 Å². The highest BCUT2D eigenvalue weighted by molar-refractivity contribution is 6.13. The largest absolute Gasteiger partial charge is 0.497 e. The van der Waals surface area contributed by atoms with Gasteiger partial charge in [0.25, 0.3) is 0 Å². The zero-order chi connectivity index (χ0) is 12.7. The second kappa shape index (κ2) is 3.99. The van der Waals surface area contributed by atoms with E-state index in [9.17, 15) is 9.59 Å². The van der Waals surface area contributed by atoms with Gasteiger partial charge in [-0.15, -0.1) is 0 Å². The normalized spacial score (nSPS) is 22.1. The van der Waals surface area contributed by atoms with E-state index < -0.39 is 6.04 Å². The molecule has 1 fully saturated rings. The molecule has 2 N–H and O–H groups in total. The number of piperazine rings is 1. The van der Waals surface area contributed by atoms with E-state index in [1.807, 2.05) is 0 Å². The van der Waals surface area contributed by atoms with Gasteiger partial charge in [-0.2, -0.15) is 0 Å². The highest BCUT2D eigenvalue weighted by atomic mass is 16.5. The van der Waals surface area contributed by atoms with Crippen molar-refractivity contribution >= 4 is 23.2 Å². The van der Waals surface area contributed by atoms with Crippen LogP contribution < -0.4 is 20.3 Å². The van der Waals surface area contributed by atoms with Crippen molar-refractivity contribution in [3.63, 3.8) is 0 Å². The summed E-state index contributed by atoms with van der Waals surface area (Å²) in [5.41, 5.74) is 1.35. The fourth-order valence-electron chi connectivity index (χ4n) is 2.34. The molecule has 2 aliphatic heterocycles. The van der Waals surface area contributed by atoms with Gasteiger partial charge in [0, 0.05) is 12.6 Å². The first-order valence-electron chi connectivity index (χ1n) is 5.72. The third-order valence-corrected chi connectivity index (χ3v) is 3.22. The molecule has 6 nitrogen and oxygen atoms in total. The zero-order valence-electron chi connectivity index (χ0n) is 9.90. The molecule has 2 heterocycles.